The van der Waals surface area contributed by atoms with Gasteiger partial charge in [0.1, 0.15) is 13.2 Å². The molecule has 1 amide bonds. The van der Waals surface area contributed by atoms with Gasteiger partial charge in [-0.15, -0.1) is 0 Å². The van der Waals surface area contributed by atoms with Gasteiger partial charge in [0.25, 0.3) is 0 Å². The third-order valence-corrected chi connectivity index (χ3v) is 7.38. The number of aromatic nitrogens is 2. The fourth-order valence-corrected chi connectivity index (χ4v) is 5.64. The van der Waals surface area contributed by atoms with Gasteiger partial charge in [-0.05, 0) is 42.7 Å². The lowest BCUT2D eigenvalue weighted by Crippen LogP contribution is -2.44. The monoisotopic (exact) mass is 467 g/mol. The number of ether oxygens (including phenoxy) is 3. The summed E-state index contributed by atoms with van der Waals surface area (Å²) in [5.74, 6) is 1.86. The van der Waals surface area contributed by atoms with Crippen LogP contribution >= 0.6 is 11.8 Å². The maximum atomic E-state index is 13.1. The number of carbonyl (C=O) groups excluding carboxylic acids is 1. The van der Waals surface area contributed by atoms with Crippen LogP contribution in [0, 0.1) is 0 Å². The molecule has 0 bridgehead atoms. The highest BCUT2D eigenvalue weighted by molar-refractivity contribution is 7.99. The second kappa shape index (κ2) is 9.65. The van der Waals surface area contributed by atoms with Crippen LogP contribution in [0.15, 0.2) is 47.6 Å². The number of fused-ring (bicyclic) bond motifs is 2. The van der Waals surface area contributed by atoms with Crippen molar-refractivity contribution in [3.8, 4) is 11.5 Å². The van der Waals surface area contributed by atoms with Gasteiger partial charge >= 0.3 is 0 Å². The van der Waals surface area contributed by atoms with E-state index in [1.165, 1.54) is 11.8 Å². The minimum Gasteiger partial charge on any atom is -0.486 e. The third-order valence-electron chi connectivity index (χ3n) is 6.40. The molecule has 1 aliphatic heterocycles. The number of nitrogens with zero attached hydrogens (tertiary/aromatic N) is 2. The number of nitrogens with one attached hydrogen (secondary N) is 1. The molecular formula is C25H29N3O4S. The van der Waals surface area contributed by atoms with E-state index >= 15 is 0 Å². The average molecular weight is 468 g/mol. The number of methoxy groups -OCH3 is 1. The summed E-state index contributed by atoms with van der Waals surface area (Å²) in [5.41, 5.74) is 2.72. The Labute approximate surface area is 197 Å². The maximum absolute atomic E-state index is 13.1. The molecule has 1 aromatic heterocycles. The van der Waals surface area contributed by atoms with E-state index in [0.29, 0.717) is 32.1 Å². The Kier molecular flexibility index (Phi) is 6.46. The van der Waals surface area contributed by atoms with Crippen molar-refractivity contribution in [1.29, 1.82) is 0 Å². The molecule has 2 heterocycles. The number of benzene rings is 2. The van der Waals surface area contributed by atoms with Crippen molar-refractivity contribution in [1.82, 2.24) is 14.9 Å². The first-order chi connectivity index (χ1) is 16.2. The van der Waals surface area contributed by atoms with Gasteiger partial charge in [0.15, 0.2) is 16.7 Å². The van der Waals surface area contributed by atoms with Gasteiger partial charge in [0, 0.05) is 13.7 Å². The molecule has 0 atom stereocenters. The number of thioether (sulfide) groups is 1. The minimum atomic E-state index is -0.357. The largest absolute Gasteiger partial charge is 0.486 e. The van der Waals surface area contributed by atoms with Gasteiger partial charge < -0.3 is 24.1 Å². The molecule has 0 spiro atoms. The van der Waals surface area contributed by atoms with Crippen LogP contribution in [0.3, 0.4) is 0 Å². The van der Waals surface area contributed by atoms with E-state index in [0.717, 1.165) is 58.9 Å². The molecule has 1 fully saturated rings. The zero-order chi connectivity index (χ0) is 22.7. The van der Waals surface area contributed by atoms with Crippen LogP contribution < -0.4 is 14.8 Å². The van der Waals surface area contributed by atoms with Crippen molar-refractivity contribution < 1.29 is 19.0 Å². The average Bonchev–Trinajstić information content (AvgIpc) is 3.46. The molecule has 1 N–H and O–H groups in total. The van der Waals surface area contributed by atoms with Gasteiger partial charge in [-0.1, -0.05) is 42.8 Å². The molecule has 1 saturated carbocycles. The standard InChI is InChI=1S/C25H29N3O4S/c1-30-13-12-28-20-7-3-2-6-19(20)26-24(28)33-17-23(29)27-25(10-4-5-11-25)18-8-9-21-22(16-18)32-15-14-31-21/h2-3,6-9,16H,4-5,10-15,17H2,1H3,(H,27,29). The predicted molar refractivity (Wildman–Crippen MR) is 128 cm³/mol. The zero-order valence-electron chi connectivity index (χ0n) is 18.8. The molecule has 3 aromatic rings. The topological polar surface area (TPSA) is 74.6 Å². The summed E-state index contributed by atoms with van der Waals surface area (Å²) < 4.78 is 18.9. The van der Waals surface area contributed by atoms with Crippen LogP contribution in [-0.2, 0) is 21.6 Å². The van der Waals surface area contributed by atoms with Crippen LogP contribution in [0.5, 0.6) is 11.5 Å². The molecule has 174 valence electrons. The molecule has 7 nitrogen and oxygen atoms in total. The van der Waals surface area contributed by atoms with E-state index in [1.54, 1.807) is 7.11 Å². The highest BCUT2D eigenvalue weighted by Gasteiger charge is 2.38. The van der Waals surface area contributed by atoms with Crippen LogP contribution in [0.4, 0.5) is 0 Å². The fourth-order valence-electron chi connectivity index (χ4n) is 4.80. The van der Waals surface area contributed by atoms with Crippen LogP contribution in [0.25, 0.3) is 11.0 Å². The summed E-state index contributed by atoms with van der Waals surface area (Å²) in [5, 5.41) is 4.20. The molecule has 0 unspecified atom stereocenters. The Morgan fingerprint density at radius 3 is 2.76 bits per heavy atom. The predicted octanol–water partition coefficient (Wildman–Crippen LogP) is 4.13. The van der Waals surface area contributed by atoms with Crippen molar-refractivity contribution in [3.05, 3.63) is 48.0 Å². The van der Waals surface area contributed by atoms with Gasteiger partial charge in [-0.2, -0.15) is 0 Å². The van der Waals surface area contributed by atoms with E-state index < -0.39 is 0 Å². The molecule has 5 rings (SSSR count). The van der Waals surface area contributed by atoms with E-state index in [9.17, 15) is 4.79 Å². The number of hydrogen-bond acceptors (Lipinski definition) is 6. The summed E-state index contributed by atoms with van der Waals surface area (Å²) in [7, 11) is 1.69. The van der Waals surface area contributed by atoms with Crippen molar-refractivity contribution >= 4 is 28.7 Å². The lowest BCUT2D eigenvalue weighted by Gasteiger charge is -2.32. The number of rotatable bonds is 8. The third kappa shape index (κ3) is 4.54. The van der Waals surface area contributed by atoms with Crippen molar-refractivity contribution in [2.45, 2.75) is 42.9 Å². The number of para-hydroxylation sites is 2. The first-order valence-electron chi connectivity index (χ1n) is 11.5. The van der Waals surface area contributed by atoms with Crippen molar-refractivity contribution in [2.75, 3.05) is 32.7 Å². The molecule has 1 aliphatic carbocycles. The lowest BCUT2D eigenvalue weighted by atomic mass is 9.87. The van der Waals surface area contributed by atoms with Crippen LogP contribution in [0.2, 0.25) is 0 Å². The molecular weight excluding hydrogens is 438 g/mol. The molecule has 2 aliphatic rings. The first kappa shape index (κ1) is 22.1. The minimum absolute atomic E-state index is 0.0159. The Morgan fingerprint density at radius 2 is 1.94 bits per heavy atom. The Balaban J connectivity index is 1.32. The normalized spacial score (nSPS) is 16.8. The molecule has 0 radical (unpaired) electrons. The Hall–Kier alpha value is -2.71. The van der Waals surface area contributed by atoms with Gasteiger partial charge in [-0.25, -0.2) is 4.98 Å². The van der Waals surface area contributed by atoms with Crippen molar-refractivity contribution in [3.63, 3.8) is 0 Å². The number of carbonyl (C=O) groups is 1. The second-order valence-electron chi connectivity index (χ2n) is 8.51. The fraction of sp³-hybridized carbons (Fsp3) is 0.440. The second-order valence-corrected chi connectivity index (χ2v) is 9.45. The highest BCUT2D eigenvalue weighted by Crippen LogP contribution is 2.42. The molecule has 8 heteroatoms. The van der Waals surface area contributed by atoms with Gasteiger partial charge in [-0.3, -0.25) is 4.79 Å². The number of amides is 1. The molecule has 33 heavy (non-hydrogen) atoms. The highest BCUT2D eigenvalue weighted by atomic mass is 32.2. The first-order valence-corrected chi connectivity index (χ1v) is 12.5. The Bertz CT molecular complexity index is 1140. The van der Waals surface area contributed by atoms with Crippen LogP contribution in [0.1, 0.15) is 31.2 Å². The van der Waals surface area contributed by atoms with Crippen LogP contribution in [-0.4, -0.2) is 48.1 Å². The van der Waals surface area contributed by atoms with Gasteiger partial charge in [0.2, 0.25) is 5.91 Å². The Morgan fingerprint density at radius 1 is 1.15 bits per heavy atom. The van der Waals surface area contributed by atoms with E-state index in [1.807, 2.05) is 30.3 Å². The summed E-state index contributed by atoms with van der Waals surface area (Å²) in [4.78, 5) is 17.9. The summed E-state index contributed by atoms with van der Waals surface area (Å²) in [6, 6.07) is 14.1. The lowest BCUT2D eigenvalue weighted by molar-refractivity contribution is -0.120. The summed E-state index contributed by atoms with van der Waals surface area (Å²) in [6.07, 6.45) is 4.04. The van der Waals surface area contributed by atoms with E-state index in [4.69, 9.17) is 19.2 Å². The quantitative estimate of drug-likeness (QED) is 0.502. The van der Waals surface area contributed by atoms with Crippen molar-refractivity contribution in [2.24, 2.45) is 0 Å². The molecule has 0 saturated heterocycles. The molecule has 2 aromatic carbocycles. The van der Waals surface area contributed by atoms with E-state index in [2.05, 4.69) is 22.0 Å². The number of hydrogen-bond donors (Lipinski definition) is 1. The zero-order valence-corrected chi connectivity index (χ0v) is 19.7. The smallest absolute Gasteiger partial charge is 0.231 e. The summed E-state index contributed by atoms with van der Waals surface area (Å²) >= 11 is 1.47. The summed E-state index contributed by atoms with van der Waals surface area (Å²) in [6.45, 7) is 2.41. The van der Waals surface area contributed by atoms with E-state index in [-0.39, 0.29) is 11.4 Å². The maximum Gasteiger partial charge on any atom is 0.231 e. The SMILES string of the molecule is COCCn1c(SCC(=O)NC2(c3ccc4c(c3)OCCO4)CCCC2)nc2ccccc21. The number of imidazole rings is 1. The van der Waals surface area contributed by atoms with Gasteiger partial charge in [0.05, 0.1) is 28.9 Å².